The predicted octanol–water partition coefficient (Wildman–Crippen LogP) is 1.22. The Balaban J connectivity index is 0.00000180. The zero-order chi connectivity index (χ0) is 13.3. The summed E-state index contributed by atoms with van der Waals surface area (Å²) < 4.78 is 1.52. The Labute approximate surface area is 122 Å². The summed E-state index contributed by atoms with van der Waals surface area (Å²) in [5.74, 6) is 1.55. The molecule has 9 heteroatoms. The molecule has 0 spiro atoms. The third kappa shape index (κ3) is 3.31. The average Bonchev–Trinajstić information content (AvgIpc) is 2.75. The van der Waals surface area contributed by atoms with Crippen LogP contribution < -0.4 is 10.6 Å². The molecule has 1 atom stereocenters. The molecule has 0 amide bonds. The molecule has 0 fully saturated rings. The van der Waals surface area contributed by atoms with E-state index < -0.39 is 0 Å². The normalized spacial score (nSPS) is 11.8. The molecule has 0 saturated carbocycles. The molecule has 0 aliphatic rings. The highest BCUT2D eigenvalue weighted by atomic mass is 35.5. The molecule has 0 unspecified atom stereocenters. The molecule has 7 nitrogen and oxygen atoms in total. The van der Waals surface area contributed by atoms with Gasteiger partial charge in [0, 0.05) is 14.1 Å². The molecule has 19 heavy (non-hydrogen) atoms. The lowest BCUT2D eigenvalue weighted by Gasteiger charge is -2.05. The van der Waals surface area contributed by atoms with Crippen molar-refractivity contribution in [2.45, 2.75) is 13.0 Å². The van der Waals surface area contributed by atoms with Gasteiger partial charge in [0.15, 0.2) is 5.82 Å². The van der Waals surface area contributed by atoms with Gasteiger partial charge in [0.1, 0.15) is 0 Å². The predicted molar refractivity (Wildman–Crippen MR) is 76.1 cm³/mol. The maximum absolute atomic E-state index is 5.87. The van der Waals surface area contributed by atoms with Gasteiger partial charge in [-0.1, -0.05) is 11.6 Å². The van der Waals surface area contributed by atoms with Crippen LogP contribution in [0.15, 0.2) is 12.4 Å². The minimum absolute atomic E-state index is 0. The Morgan fingerprint density at radius 2 is 1.89 bits per heavy atom. The van der Waals surface area contributed by atoms with E-state index in [0.717, 1.165) is 0 Å². The Morgan fingerprint density at radius 1 is 1.32 bits per heavy atom. The van der Waals surface area contributed by atoms with Gasteiger partial charge in [-0.15, -0.1) is 17.5 Å². The first-order valence-corrected chi connectivity index (χ1v) is 5.74. The van der Waals surface area contributed by atoms with Crippen molar-refractivity contribution in [1.82, 2.24) is 24.7 Å². The molecule has 0 aliphatic heterocycles. The number of aromatic nitrogens is 5. The standard InChI is InChI=1S/C10H14ClN7.ClH/c1-6(12)8-15-10(17(2)3)16-18(8)9-13-4-7(11)5-14-9;/h4-6H,12H2,1-3H3;1H/t6-;/m0./s1. The molecular weight excluding hydrogens is 289 g/mol. The summed E-state index contributed by atoms with van der Waals surface area (Å²) >= 11 is 5.75. The average molecular weight is 304 g/mol. The van der Waals surface area contributed by atoms with Crippen molar-refractivity contribution in [1.29, 1.82) is 0 Å². The zero-order valence-corrected chi connectivity index (χ0v) is 12.4. The second kappa shape index (κ2) is 6.14. The van der Waals surface area contributed by atoms with Crippen LogP contribution in [0.3, 0.4) is 0 Å². The molecule has 0 saturated heterocycles. The first-order valence-electron chi connectivity index (χ1n) is 5.37. The first-order chi connectivity index (χ1) is 8.49. The van der Waals surface area contributed by atoms with E-state index >= 15 is 0 Å². The lowest BCUT2D eigenvalue weighted by molar-refractivity contribution is 0.669. The van der Waals surface area contributed by atoms with Crippen LogP contribution in [-0.2, 0) is 0 Å². The van der Waals surface area contributed by atoms with Crippen LogP contribution in [-0.4, -0.2) is 38.8 Å². The number of nitrogens with zero attached hydrogens (tertiary/aromatic N) is 6. The fraction of sp³-hybridized carbons (Fsp3) is 0.400. The number of anilines is 1. The number of halogens is 2. The van der Waals surface area contributed by atoms with Gasteiger partial charge < -0.3 is 10.6 Å². The molecule has 0 aliphatic carbocycles. The smallest absolute Gasteiger partial charge is 0.252 e. The molecule has 0 radical (unpaired) electrons. The largest absolute Gasteiger partial charge is 0.346 e. The van der Waals surface area contributed by atoms with Crippen molar-refractivity contribution in [3.05, 3.63) is 23.2 Å². The van der Waals surface area contributed by atoms with E-state index in [4.69, 9.17) is 17.3 Å². The number of rotatable bonds is 3. The lowest BCUT2D eigenvalue weighted by Crippen LogP contribution is -2.15. The van der Waals surface area contributed by atoms with Crippen molar-refractivity contribution >= 4 is 30.0 Å². The van der Waals surface area contributed by atoms with Gasteiger partial charge in [0.05, 0.1) is 23.5 Å². The van der Waals surface area contributed by atoms with Crippen molar-refractivity contribution in [2.24, 2.45) is 5.73 Å². The van der Waals surface area contributed by atoms with Gasteiger partial charge in [0.25, 0.3) is 5.95 Å². The lowest BCUT2D eigenvalue weighted by atomic mass is 10.3. The zero-order valence-electron chi connectivity index (χ0n) is 10.8. The van der Waals surface area contributed by atoms with E-state index in [9.17, 15) is 0 Å². The number of hydrogen-bond donors (Lipinski definition) is 1. The van der Waals surface area contributed by atoms with Gasteiger partial charge >= 0.3 is 0 Å². The van der Waals surface area contributed by atoms with E-state index in [1.807, 2.05) is 21.0 Å². The number of nitrogens with two attached hydrogens (primary N) is 1. The highest BCUT2D eigenvalue weighted by Gasteiger charge is 2.17. The molecule has 0 aromatic carbocycles. The van der Waals surface area contributed by atoms with Crippen LogP contribution in [0.1, 0.15) is 18.8 Å². The first kappa shape index (κ1) is 15.6. The van der Waals surface area contributed by atoms with Crippen molar-refractivity contribution in [3.63, 3.8) is 0 Å². The maximum Gasteiger partial charge on any atom is 0.252 e. The summed E-state index contributed by atoms with van der Waals surface area (Å²) in [6.45, 7) is 1.83. The summed E-state index contributed by atoms with van der Waals surface area (Å²) in [5, 5.41) is 4.78. The van der Waals surface area contributed by atoms with Crippen LogP contribution in [0, 0.1) is 0 Å². The third-order valence-corrected chi connectivity index (χ3v) is 2.42. The van der Waals surface area contributed by atoms with Crippen LogP contribution in [0.4, 0.5) is 5.95 Å². The van der Waals surface area contributed by atoms with Crippen molar-refractivity contribution in [3.8, 4) is 5.95 Å². The highest BCUT2D eigenvalue weighted by molar-refractivity contribution is 6.30. The van der Waals surface area contributed by atoms with E-state index in [1.165, 1.54) is 17.1 Å². The van der Waals surface area contributed by atoms with Gasteiger partial charge in [-0.3, -0.25) is 0 Å². The topological polar surface area (TPSA) is 85.8 Å². The molecule has 2 aromatic rings. The fourth-order valence-corrected chi connectivity index (χ4v) is 1.46. The minimum Gasteiger partial charge on any atom is -0.346 e. The van der Waals surface area contributed by atoms with E-state index in [2.05, 4.69) is 20.1 Å². The molecule has 2 aromatic heterocycles. The van der Waals surface area contributed by atoms with Gasteiger partial charge in [-0.2, -0.15) is 9.67 Å². The number of hydrogen-bond acceptors (Lipinski definition) is 6. The quantitative estimate of drug-likeness (QED) is 0.917. The second-order valence-electron chi connectivity index (χ2n) is 4.07. The Bertz CT molecular complexity index is 535. The monoisotopic (exact) mass is 303 g/mol. The van der Waals surface area contributed by atoms with Crippen LogP contribution >= 0.6 is 24.0 Å². The Hall–Kier alpha value is -1.44. The summed E-state index contributed by atoms with van der Waals surface area (Å²) in [4.78, 5) is 14.4. The molecular formula is C10H15Cl2N7. The summed E-state index contributed by atoms with van der Waals surface area (Å²) in [6, 6.07) is -0.273. The van der Waals surface area contributed by atoms with E-state index in [1.54, 1.807) is 4.90 Å². The Morgan fingerprint density at radius 3 is 2.37 bits per heavy atom. The van der Waals surface area contributed by atoms with Gasteiger partial charge in [-0.25, -0.2) is 9.97 Å². The third-order valence-electron chi connectivity index (χ3n) is 2.22. The van der Waals surface area contributed by atoms with Crippen LogP contribution in [0.2, 0.25) is 5.02 Å². The van der Waals surface area contributed by atoms with Crippen LogP contribution in [0.5, 0.6) is 0 Å². The van der Waals surface area contributed by atoms with Gasteiger partial charge in [0.2, 0.25) is 5.95 Å². The van der Waals surface area contributed by atoms with E-state index in [0.29, 0.717) is 22.7 Å². The SMILES string of the molecule is C[C@H](N)c1nc(N(C)C)nn1-c1ncc(Cl)cn1.Cl. The maximum atomic E-state index is 5.87. The molecule has 0 bridgehead atoms. The fourth-order valence-electron chi connectivity index (χ4n) is 1.36. The van der Waals surface area contributed by atoms with Gasteiger partial charge in [-0.05, 0) is 6.92 Å². The van der Waals surface area contributed by atoms with Crippen molar-refractivity contribution < 1.29 is 0 Å². The van der Waals surface area contributed by atoms with Crippen LogP contribution in [0.25, 0.3) is 5.95 Å². The highest BCUT2D eigenvalue weighted by Crippen LogP contribution is 2.15. The summed E-state index contributed by atoms with van der Waals surface area (Å²) in [7, 11) is 3.71. The summed E-state index contributed by atoms with van der Waals surface area (Å²) in [5.41, 5.74) is 5.87. The summed E-state index contributed by atoms with van der Waals surface area (Å²) in [6.07, 6.45) is 3.01. The minimum atomic E-state index is -0.273. The molecule has 2 rings (SSSR count). The molecule has 2 N–H and O–H groups in total. The van der Waals surface area contributed by atoms with Crippen molar-refractivity contribution in [2.75, 3.05) is 19.0 Å². The Kier molecular flexibility index (Phi) is 5.04. The van der Waals surface area contributed by atoms with E-state index in [-0.39, 0.29) is 18.4 Å². The second-order valence-corrected chi connectivity index (χ2v) is 4.50. The molecule has 104 valence electrons. The molecule has 2 heterocycles.